The molecule has 468 valence electrons. The molecular weight excluding hydrogens is 1100 g/mol. The van der Waals surface area contributed by atoms with Crippen molar-refractivity contribution in [2.24, 2.45) is 23.7 Å². The van der Waals surface area contributed by atoms with Gasteiger partial charge < -0.3 is 55.1 Å². The van der Waals surface area contributed by atoms with Crippen molar-refractivity contribution >= 4 is 70.8 Å². The van der Waals surface area contributed by atoms with Crippen LogP contribution in [0.4, 0.5) is 21.0 Å². The van der Waals surface area contributed by atoms with Crippen molar-refractivity contribution in [1.82, 2.24) is 30.7 Å². The number of aliphatic hydroxyl groups excluding tert-OH is 1. The average molecular weight is 1190 g/mol. The van der Waals surface area contributed by atoms with E-state index in [4.69, 9.17) is 18.9 Å². The molecule has 0 aromatic heterocycles. The highest BCUT2D eigenvalue weighted by molar-refractivity contribution is 7.99. The van der Waals surface area contributed by atoms with Gasteiger partial charge in [-0.2, -0.15) is 11.8 Å². The predicted molar refractivity (Wildman–Crippen MR) is 326 cm³/mol. The molecule has 1 heterocycles. The molecule has 0 radical (unpaired) electrons. The molecule has 84 heavy (non-hydrogen) atoms. The molecule has 1 aliphatic carbocycles. The quantitative estimate of drug-likeness (QED) is 0.0408. The minimum Gasteiger partial charge on any atom is -0.445 e. The van der Waals surface area contributed by atoms with Gasteiger partial charge in [0.1, 0.15) is 24.8 Å². The second kappa shape index (κ2) is 35.3. The molecule has 2 aromatic carbocycles. The summed E-state index contributed by atoms with van der Waals surface area (Å²) < 4.78 is 23.5. The summed E-state index contributed by atoms with van der Waals surface area (Å²) in [6.45, 7) is 14.8. The normalized spacial score (nSPS) is 18.9. The van der Waals surface area contributed by atoms with Crippen LogP contribution in [0.3, 0.4) is 0 Å². The maximum Gasteiger partial charge on any atom is 0.412 e. The Balaban J connectivity index is 1.46. The molecule has 6 N–H and O–H groups in total. The van der Waals surface area contributed by atoms with Gasteiger partial charge in [0, 0.05) is 47.8 Å². The third kappa shape index (κ3) is 20.8. The predicted octanol–water partition coefficient (Wildman–Crippen LogP) is 7.82. The maximum atomic E-state index is 14.8. The lowest BCUT2D eigenvalue weighted by atomic mass is 9.89. The van der Waals surface area contributed by atoms with E-state index >= 15 is 0 Å². The summed E-state index contributed by atoms with van der Waals surface area (Å²) in [6, 6.07) is 10.0. The van der Waals surface area contributed by atoms with Crippen molar-refractivity contribution in [1.29, 1.82) is 0 Å². The zero-order valence-electron chi connectivity index (χ0n) is 51.8. The molecule has 2 aliphatic rings. The first-order chi connectivity index (χ1) is 40.0. The lowest BCUT2D eigenvalue weighted by Gasteiger charge is -2.41. The second-order valence-corrected chi connectivity index (χ2v) is 23.8. The van der Waals surface area contributed by atoms with Crippen LogP contribution in [0.15, 0.2) is 60.7 Å². The number of thioether (sulfide) groups is 1. The summed E-state index contributed by atoms with van der Waals surface area (Å²) in [5.74, 6) is -3.66. The number of carbonyl (C=O) groups is 8. The molecule has 1 aliphatic heterocycles. The molecule has 0 saturated carbocycles. The Morgan fingerprint density at radius 1 is 0.798 bits per heavy atom. The van der Waals surface area contributed by atoms with Crippen LogP contribution in [0, 0.1) is 23.7 Å². The lowest BCUT2D eigenvalue weighted by Crippen LogP contribution is -2.60. The summed E-state index contributed by atoms with van der Waals surface area (Å²) in [5, 5.41) is 25.1. The number of benzene rings is 2. The first-order valence-electron chi connectivity index (χ1n) is 29.7. The third-order valence-electron chi connectivity index (χ3n) is 16.0. The number of likely N-dealkylation sites (N-methyl/N-ethyl adjacent to an activating group) is 2. The molecular formula is C62H96N8O13S. The Kier molecular flexibility index (Phi) is 29.5. The van der Waals surface area contributed by atoms with Crippen molar-refractivity contribution in [2.75, 3.05) is 64.0 Å². The van der Waals surface area contributed by atoms with Gasteiger partial charge in [0.05, 0.1) is 65.9 Å². The molecule has 8 amide bonds. The number of hydrogen-bond donors (Lipinski definition) is 6. The highest BCUT2D eigenvalue weighted by Gasteiger charge is 2.44. The van der Waals surface area contributed by atoms with Gasteiger partial charge in [0.2, 0.25) is 35.4 Å². The minimum absolute atomic E-state index is 0.0590. The van der Waals surface area contributed by atoms with Gasteiger partial charge in [-0.3, -0.25) is 39.0 Å². The Morgan fingerprint density at radius 3 is 2.15 bits per heavy atom. The van der Waals surface area contributed by atoms with Gasteiger partial charge in [-0.15, -0.1) is 0 Å². The van der Waals surface area contributed by atoms with Gasteiger partial charge in [-0.05, 0) is 98.8 Å². The number of likely N-dealkylation sites (tertiary alicyclic amines) is 1. The van der Waals surface area contributed by atoms with Crippen molar-refractivity contribution in [3.8, 4) is 0 Å². The van der Waals surface area contributed by atoms with Gasteiger partial charge >= 0.3 is 12.2 Å². The fourth-order valence-corrected chi connectivity index (χ4v) is 11.4. The highest BCUT2D eigenvalue weighted by Crippen LogP contribution is 2.31. The molecule has 1 unspecified atom stereocenters. The first kappa shape index (κ1) is 70.3. The molecule has 0 bridgehead atoms. The maximum absolute atomic E-state index is 14.8. The van der Waals surface area contributed by atoms with Crippen LogP contribution >= 0.6 is 11.8 Å². The van der Waals surface area contributed by atoms with Crippen molar-refractivity contribution in [3.05, 3.63) is 71.8 Å². The van der Waals surface area contributed by atoms with Gasteiger partial charge in [0.25, 0.3) is 0 Å². The topological polar surface area (TPSA) is 264 Å². The number of ether oxygens (including phenoxy) is 4. The molecule has 0 spiro atoms. The number of allylic oxidation sites excluding steroid dienone is 1. The molecule has 4 rings (SSSR count). The number of rotatable bonds is 30. The number of carbonyl (C=O) groups excluding carboxylic acids is 8. The van der Waals surface area contributed by atoms with Crippen LogP contribution in [0.1, 0.15) is 137 Å². The second-order valence-electron chi connectivity index (χ2n) is 22.9. The molecule has 22 heteroatoms. The number of nitrogens with one attached hydrogen (secondary N) is 5. The number of aliphatic hydroxyl groups is 1. The molecule has 21 nitrogen and oxygen atoms in total. The summed E-state index contributed by atoms with van der Waals surface area (Å²) in [7, 11) is 6.11. The van der Waals surface area contributed by atoms with Gasteiger partial charge in [-0.25, -0.2) is 9.59 Å². The van der Waals surface area contributed by atoms with Crippen LogP contribution in [0.5, 0.6) is 0 Å². The van der Waals surface area contributed by atoms with E-state index in [2.05, 4.69) is 26.6 Å². The van der Waals surface area contributed by atoms with Gasteiger partial charge in [0.15, 0.2) is 0 Å². The number of hydrogen-bond acceptors (Lipinski definition) is 14. The number of methoxy groups -OCH3 is 2. The monoisotopic (exact) mass is 1190 g/mol. The molecule has 1 fully saturated rings. The van der Waals surface area contributed by atoms with E-state index in [9.17, 15) is 43.5 Å². The summed E-state index contributed by atoms with van der Waals surface area (Å²) in [5.41, 5.74) is 1.54. The number of nitrogens with zero attached hydrogens (tertiary/aromatic N) is 3. The van der Waals surface area contributed by atoms with E-state index in [0.29, 0.717) is 43.4 Å². The van der Waals surface area contributed by atoms with E-state index < -0.39 is 102 Å². The SMILES string of the molecule is CC[C@H](C)[C@@H]([C@@H](CC(=O)N1CCC[C@H]1[C@H](OC)[C@@H](C)C(=O)N[C@H](C)[C@@H](O)c1ccccc1)OC)N(C)C(=O)[C@H](NC(=O)[C@H](C(C)C)N(C)C(=O)OCc1ccc(NC(=O)OC2/C=C/CCCCC2)c(NC(=O)CCNC(=O)CSC)c1)C(C)C. The zero-order chi connectivity index (χ0) is 62.2. The lowest BCUT2D eigenvalue weighted by molar-refractivity contribution is -0.148. The smallest absolute Gasteiger partial charge is 0.412 e. The Hall–Kier alpha value is -6.23. The third-order valence-corrected chi connectivity index (χ3v) is 16.5. The first-order valence-corrected chi connectivity index (χ1v) is 31.0. The molecule has 1 saturated heterocycles. The van der Waals surface area contributed by atoms with E-state index in [1.165, 1.54) is 37.9 Å². The fraction of sp³-hybridized carbons (Fsp3) is 0.645. The molecule has 11 atom stereocenters. The minimum atomic E-state index is -1.09. The Labute approximate surface area is 502 Å². The van der Waals surface area contributed by atoms with Crippen LogP contribution < -0.4 is 26.6 Å². The van der Waals surface area contributed by atoms with Gasteiger partial charge in [-0.1, -0.05) is 104 Å². The van der Waals surface area contributed by atoms with E-state index in [-0.39, 0.29) is 66.8 Å². The van der Waals surface area contributed by atoms with Crippen molar-refractivity contribution in [2.45, 2.75) is 181 Å². The Bertz CT molecular complexity index is 2500. The summed E-state index contributed by atoms with van der Waals surface area (Å²) >= 11 is 1.36. The number of anilines is 2. The molecule has 2 aromatic rings. The van der Waals surface area contributed by atoms with E-state index in [1.54, 1.807) is 81.1 Å². The van der Waals surface area contributed by atoms with E-state index in [1.807, 2.05) is 58.0 Å². The largest absolute Gasteiger partial charge is 0.445 e. The Morgan fingerprint density at radius 2 is 1.51 bits per heavy atom. The standard InChI is InChI=1S/C62H96N8O13S/c1-14-40(6)55(49(80-11)35-52(73)70-33-23-28-48(70)57(81-12)41(7)58(75)64-42(8)56(74)44-24-19-18-20-25-44)68(9)60(77)53(38(2)3)67-59(76)54(39(4)5)69(10)62(79)82-36-43-29-30-46(66-61(78)83-45-26-21-16-15-17-22-27-45)47(34-43)65-50(71)31-32-63-51(72)37-84-13/h18-21,24-26,29-30,34,38-42,45,48-49,53-57,74H,14-17,22-23,27-28,31-33,35-37H2,1-13H3,(H,63,72)(H,64,75)(H,65,71)(H,66,78)(H,67,76)/b26-21+/t40-,41+,42+,45?,48-,49+,53+,54-,55-,56+,57+/m0/s1. The fourth-order valence-electron chi connectivity index (χ4n) is 11.0. The summed E-state index contributed by atoms with van der Waals surface area (Å²) in [4.78, 5) is 114. The van der Waals surface area contributed by atoms with Crippen LogP contribution in [-0.2, 0) is 54.3 Å². The van der Waals surface area contributed by atoms with Crippen LogP contribution in [-0.4, -0.2) is 169 Å². The highest BCUT2D eigenvalue weighted by atomic mass is 32.2. The number of amides is 8. The van der Waals surface area contributed by atoms with Crippen molar-refractivity contribution < 1.29 is 62.4 Å². The zero-order valence-corrected chi connectivity index (χ0v) is 52.6. The average Bonchev–Trinajstić information content (AvgIpc) is 3.44. The van der Waals surface area contributed by atoms with E-state index in [0.717, 1.165) is 25.7 Å². The van der Waals surface area contributed by atoms with Crippen LogP contribution in [0.2, 0.25) is 0 Å². The van der Waals surface area contributed by atoms with Crippen molar-refractivity contribution in [3.63, 3.8) is 0 Å². The van der Waals surface area contributed by atoms with Crippen LogP contribution in [0.25, 0.3) is 0 Å². The summed E-state index contributed by atoms with van der Waals surface area (Å²) in [6.07, 6.45) is 7.72.